The number of rotatable bonds is 2. The SMILES string of the molecule is Cc1oc2c(c1C(=O)N1CCn3c(nnc3C3CCCN3C)C1)CCCC2. The normalized spacial score (nSPS) is 22.7. The van der Waals surface area contributed by atoms with Crippen LogP contribution in [0.15, 0.2) is 4.42 Å². The number of hydrogen-bond acceptors (Lipinski definition) is 5. The summed E-state index contributed by atoms with van der Waals surface area (Å²) in [5, 5.41) is 8.92. The fourth-order valence-electron chi connectivity index (χ4n) is 4.98. The van der Waals surface area contributed by atoms with Crippen molar-refractivity contribution in [3.8, 4) is 0 Å². The molecule has 2 aliphatic heterocycles. The number of furan rings is 1. The molecule has 0 N–H and O–H groups in total. The third-order valence-electron chi connectivity index (χ3n) is 6.45. The Balaban J connectivity index is 1.40. The van der Waals surface area contributed by atoms with E-state index in [4.69, 9.17) is 4.42 Å². The predicted octanol–water partition coefficient (Wildman–Crippen LogP) is 2.48. The minimum atomic E-state index is 0.0909. The van der Waals surface area contributed by atoms with E-state index in [1.807, 2.05) is 11.8 Å². The molecule has 144 valence electrons. The van der Waals surface area contributed by atoms with Crippen molar-refractivity contribution in [2.45, 2.75) is 64.6 Å². The summed E-state index contributed by atoms with van der Waals surface area (Å²) in [6.45, 7) is 5.04. The van der Waals surface area contributed by atoms with Crippen LogP contribution in [0.1, 0.15) is 70.8 Å². The van der Waals surface area contributed by atoms with E-state index in [1.165, 1.54) is 6.42 Å². The minimum absolute atomic E-state index is 0.0909. The van der Waals surface area contributed by atoms with Gasteiger partial charge in [-0.3, -0.25) is 9.69 Å². The molecule has 5 rings (SSSR count). The molecule has 4 heterocycles. The van der Waals surface area contributed by atoms with Crippen molar-refractivity contribution in [3.63, 3.8) is 0 Å². The summed E-state index contributed by atoms with van der Waals surface area (Å²) < 4.78 is 8.15. The van der Waals surface area contributed by atoms with Crippen LogP contribution in [0.2, 0.25) is 0 Å². The van der Waals surface area contributed by atoms with E-state index in [1.54, 1.807) is 0 Å². The maximum absolute atomic E-state index is 13.3. The molecule has 2 aromatic rings. The Kier molecular flexibility index (Phi) is 4.07. The van der Waals surface area contributed by atoms with Gasteiger partial charge in [0.25, 0.3) is 5.91 Å². The zero-order valence-corrected chi connectivity index (χ0v) is 16.2. The molecule has 3 aliphatic rings. The van der Waals surface area contributed by atoms with Gasteiger partial charge < -0.3 is 13.9 Å². The molecule has 1 fully saturated rings. The molecule has 0 spiro atoms. The molecule has 1 aliphatic carbocycles. The molecule has 0 radical (unpaired) electrons. The molecule has 0 aromatic carbocycles. The van der Waals surface area contributed by atoms with Crippen LogP contribution in [0.5, 0.6) is 0 Å². The molecule has 1 saturated heterocycles. The first kappa shape index (κ1) is 17.0. The molecule has 0 bridgehead atoms. The van der Waals surface area contributed by atoms with Crippen LogP contribution in [0.25, 0.3) is 0 Å². The highest BCUT2D eigenvalue weighted by molar-refractivity contribution is 5.97. The monoisotopic (exact) mass is 369 g/mol. The zero-order chi connectivity index (χ0) is 18.5. The molecule has 1 unspecified atom stereocenters. The molecule has 7 heteroatoms. The average molecular weight is 369 g/mol. The second-order valence-corrected chi connectivity index (χ2v) is 8.13. The number of hydrogen-bond donors (Lipinski definition) is 0. The molecular weight excluding hydrogens is 342 g/mol. The summed E-state index contributed by atoms with van der Waals surface area (Å²) >= 11 is 0. The Morgan fingerprint density at radius 2 is 1.96 bits per heavy atom. The van der Waals surface area contributed by atoms with Crippen LogP contribution in [0, 0.1) is 6.92 Å². The summed E-state index contributed by atoms with van der Waals surface area (Å²) in [4.78, 5) is 17.6. The van der Waals surface area contributed by atoms with Gasteiger partial charge in [0, 0.05) is 25.1 Å². The van der Waals surface area contributed by atoms with Gasteiger partial charge in [0.05, 0.1) is 18.2 Å². The van der Waals surface area contributed by atoms with Crippen molar-refractivity contribution < 1.29 is 9.21 Å². The molecule has 27 heavy (non-hydrogen) atoms. The zero-order valence-electron chi connectivity index (χ0n) is 16.2. The van der Waals surface area contributed by atoms with Crippen molar-refractivity contribution in [1.29, 1.82) is 0 Å². The van der Waals surface area contributed by atoms with Crippen LogP contribution in [-0.2, 0) is 25.9 Å². The largest absolute Gasteiger partial charge is 0.465 e. The fourth-order valence-corrected chi connectivity index (χ4v) is 4.98. The number of carbonyl (C=O) groups excluding carboxylic acids is 1. The first-order chi connectivity index (χ1) is 13.1. The Hall–Kier alpha value is -2.15. The molecule has 7 nitrogen and oxygen atoms in total. The molecule has 0 saturated carbocycles. The predicted molar refractivity (Wildman–Crippen MR) is 99.5 cm³/mol. The van der Waals surface area contributed by atoms with E-state index in [2.05, 4.69) is 26.7 Å². The number of fused-ring (bicyclic) bond motifs is 2. The van der Waals surface area contributed by atoms with Crippen LogP contribution < -0.4 is 0 Å². The first-order valence-electron chi connectivity index (χ1n) is 10.2. The lowest BCUT2D eigenvalue weighted by atomic mass is 9.94. The van der Waals surface area contributed by atoms with Crippen molar-refractivity contribution >= 4 is 5.91 Å². The van der Waals surface area contributed by atoms with Crippen LogP contribution in [0.4, 0.5) is 0 Å². The summed E-state index contributed by atoms with van der Waals surface area (Å²) in [6, 6.07) is 0.358. The number of likely N-dealkylation sites (tertiary alicyclic amines) is 1. The summed E-state index contributed by atoms with van der Waals surface area (Å²) in [6.07, 6.45) is 6.54. The fraction of sp³-hybridized carbons (Fsp3) is 0.650. The third-order valence-corrected chi connectivity index (χ3v) is 6.45. The van der Waals surface area contributed by atoms with E-state index in [9.17, 15) is 4.79 Å². The van der Waals surface area contributed by atoms with E-state index in [-0.39, 0.29) is 5.91 Å². The Labute approximate surface area is 159 Å². The Morgan fingerprint density at radius 1 is 1.11 bits per heavy atom. The van der Waals surface area contributed by atoms with Gasteiger partial charge in [0.15, 0.2) is 11.6 Å². The van der Waals surface area contributed by atoms with Crippen LogP contribution in [-0.4, -0.2) is 50.6 Å². The molecule has 1 amide bonds. The van der Waals surface area contributed by atoms with Crippen LogP contribution in [0.3, 0.4) is 0 Å². The van der Waals surface area contributed by atoms with Gasteiger partial charge in [0.1, 0.15) is 11.5 Å². The van der Waals surface area contributed by atoms with E-state index >= 15 is 0 Å². The van der Waals surface area contributed by atoms with Gasteiger partial charge in [-0.15, -0.1) is 10.2 Å². The number of nitrogens with zero attached hydrogens (tertiary/aromatic N) is 5. The van der Waals surface area contributed by atoms with E-state index in [0.29, 0.717) is 19.1 Å². The first-order valence-corrected chi connectivity index (χ1v) is 10.2. The van der Waals surface area contributed by atoms with Gasteiger partial charge >= 0.3 is 0 Å². The maximum atomic E-state index is 13.3. The third kappa shape index (κ3) is 2.71. The van der Waals surface area contributed by atoms with Crippen molar-refractivity contribution in [3.05, 3.63) is 34.3 Å². The van der Waals surface area contributed by atoms with Crippen molar-refractivity contribution in [2.75, 3.05) is 20.1 Å². The van der Waals surface area contributed by atoms with Gasteiger partial charge in [-0.2, -0.15) is 0 Å². The lowest BCUT2D eigenvalue weighted by Gasteiger charge is -2.29. The summed E-state index contributed by atoms with van der Waals surface area (Å²) in [7, 11) is 2.16. The van der Waals surface area contributed by atoms with Crippen molar-refractivity contribution in [1.82, 2.24) is 24.6 Å². The highest BCUT2D eigenvalue weighted by Gasteiger charge is 2.34. The quantitative estimate of drug-likeness (QED) is 0.814. The average Bonchev–Trinajstić information content (AvgIpc) is 3.36. The number of carbonyl (C=O) groups is 1. The van der Waals surface area contributed by atoms with Gasteiger partial charge in [-0.1, -0.05) is 0 Å². The maximum Gasteiger partial charge on any atom is 0.258 e. The standard InChI is InChI=1S/C20H27N5O2/c1-13-18(14-6-3-4-8-16(14)27-13)20(26)24-10-11-25-17(12-24)21-22-19(25)15-7-5-9-23(15)2/h15H,3-12H2,1-2H3. The smallest absolute Gasteiger partial charge is 0.258 e. The second kappa shape index (κ2) is 6.48. The van der Waals surface area contributed by atoms with Gasteiger partial charge in [0.2, 0.25) is 0 Å². The second-order valence-electron chi connectivity index (χ2n) is 8.13. The minimum Gasteiger partial charge on any atom is -0.465 e. The lowest BCUT2D eigenvalue weighted by molar-refractivity contribution is 0.0702. The number of aryl methyl sites for hydroxylation is 2. The van der Waals surface area contributed by atoms with Gasteiger partial charge in [-0.25, -0.2) is 0 Å². The van der Waals surface area contributed by atoms with Crippen LogP contribution >= 0.6 is 0 Å². The van der Waals surface area contributed by atoms with E-state index in [0.717, 1.165) is 79.5 Å². The lowest BCUT2D eigenvalue weighted by Crippen LogP contribution is -2.39. The molecule has 2 aromatic heterocycles. The topological polar surface area (TPSA) is 67.4 Å². The Morgan fingerprint density at radius 3 is 2.78 bits per heavy atom. The Bertz CT molecular complexity index is 883. The highest BCUT2D eigenvalue weighted by atomic mass is 16.3. The number of aromatic nitrogens is 3. The molecular formula is C20H27N5O2. The summed E-state index contributed by atoms with van der Waals surface area (Å²) in [5.74, 6) is 3.85. The number of amides is 1. The van der Waals surface area contributed by atoms with Crippen molar-refractivity contribution in [2.24, 2.45) is 0 Å². The summed E-state index contributed by atoms with van der Waals surface area (Å²) in [5.41, 5.74) is 1.94. The molecule has 1 atom stereocenters. The highest BCUT2D eigenvalue weighted by Crippen LogP contribution is 2.33. The van der Waals surface area contributed by atoms with Gasteiger partial charge in [-0.05, 0) is 52.6 Å². The van der Waals surface area contributed by atoms with E-state index < -0.39 is 0 Å².